The lowest BCUT2D eigenvalue weighted by Gasteiger charge is -2.32. The summed E-state index contributed by atoms with van der Waals surface area (Å²) in [5, 5.41) is 8.75. The summed E-state index contributed by atoms with van der Waals surface area (Å²) in [6.07, 6.45) is 1.39. The molecule has 0 saturated carbocycles. The summed E-state index contributed by atoms with van der Waals surface area (Å²) < 4.78 is 0. The quantitative estimate of drug-likeness (QED) is 0.769. The molecule has 1 N–H and O–H groups in total. The van der Waals surface area contributed by atoms with Crippen LogP contribution in [0, 0.1) is 0 Å². The van der Waals surface area contributed by atoms with E-state index in [4.69, 9.17) is 5.11 Å². The molecule has 94 valence electrons. The Kier molecular flexibility index (Phi) is 4.74. The number of aliphatic carboxylic acids is 1. The van der Waals surface area contributed by atoms with E-state index in [0.29, 0.717) is 24.7 Å². The third kappa shape index (κ3) is 3.46. The number of likely N-dealkylation sites (N-methyl/N-ethyl adjacent to an activating group) is 1. The second-order valence-corrected chi connectivity index (χ2v) is 5.15. The van der Waals surface area contributed by atoms with E-state index in [0.717, 1.165) is 13.0 Å². The first-order valence-electron chi connectivity index (χ1n) is 6.09. The Bertz CT molecular complexity index is 233. The van der Waals surface area contributed by atoms with Gasteiger partial charge in [-0.1, -0.05) is 0 Å². The van der Waals surface area contributed by atoms with Gasteiger partial charge >= 0.3 is 5.97 Å². The second-order valence-electron chi connectivity index (χ2n) is 5.15. The highest BCUT2D eigenvalue weighted by Gasteiger charge is 2.31. The third-order valence-electron chi connectivity index (χ3n) is 3.58. The fraction of sp³-hybridized carbons (Fsp3) is 0.917. The Morgan fingerprint density at radius 2 is 2.19 bits per heavy atom. The normalized spacial score (nSPS) is 26.9. The number of carbonyl (C=O) groups is 1. The third-order valence-corrected chi connectivity index (χ3v) is 3.58. The van der Waals surface area contributed by atoms with Crippen LogP contribution in [-0.2, 0) is 4.79 Å². The number of hydrogen-bond acceptors (Lipinski definition) is 3. The van der Waals surface area contributed by atoms with Crippen molar-refractivity contribution in [3.05, 3.63) is 0 Å². The zero-order chi connectivity index (χ0) is 12.3. The van der Waals surface area contributed by atoms with Gasteiger partial charge < -0.3 is 10.0 Å². The Morgan fingerprint density at radius 1 is 1.56 bits per heavy atom. The summed E-state index contributed by atoms with van der Waals surface area (Å²) in [5.41, 5.74) is 0. The first-order chi connectivity index (χ1) is 7.41. The van der Waals surface area contributed by atoms with E-state index in [1.165, 1.54) is 0 Å². The van der Waals surface area contributed by atoms with E-state index in [-0.39, 0.29) is 6.42 Å². The Morgan fingerprint density at radius 3 is 2.56 bits per heavy atom. The molecule has 0 aliphatic carbocycles. The summed E-state index contributed by atoms with van der Waals surface area (Å²) in [4.78, 5) is 15.3. The molecule has 0 radical (unpaired) electrons. The zero-order valence-electron chi connectivity index (χ0n) is 10.8. The second kappa shape index (κ2) is 5.64. The lowest BCUT2D eigenvalue weighted by molar-refractivity contribution is -0.137. The molecule has 0 aromatic carbocycles. The van der Waals surface area contributed by atoms with Gasteiger partial charge in [0, 0.05) is 31.2 Å². The Balaban J connectivity index is 2.54. The van der Waals surface area contributed by atoms with E-state index in [1.54, 1.807) is 0 Å². The van der Waals surface area contributed by atoms with Crippen molar-refractivity contribution in [3.63, 3.8) is 0 Å². The predicted octanol–water partition coefficient (Wildman–Crippen LogP) is 1.26. The highest BCUT2D eigenvalue weighted by Crippen LogP contribution is 2.22. The van der Waals surface area contributed by atoms with Crippen LogP contribution < -0.4 is 0 Å². The average molecular weight is 228 g/mol. The molecule has 2 unspecified atom stereocenters. The van der Waals surface area contributed by atoms with Crippen molar-refractivity contribution in [3.8, 4) is 0 Å². The minimum Gasteiger partial charge on any atom is -0.481 e. The minimum atomic E-state index is -0.704. The van der Waals surface area contributed by atoms with Gasteiger partial charge in [-0.15, -0.1) is 0 Å². The summed E-state index contributed by atoms with van der Waals surface area (Å²) in [5.74, 6) is -0.704. The number of hydrogen-bond donors (Lipinski definition) is 1. The number of carboxylic acid groups (broad SMARTS) is 1. The first kappa shape index (κ1) is 13.5. The SMILES string of the molecule is CC1CC(N(CCC(=O)O)C(C)C)CN1C. The van der Waals surface area contributed by atoms with Crippen LogP contribution >= 0.6 is 0 Å². The molecule has 1 fully saturated rings. The van der Waals surface area contributed by atoms with Gasteiger partial charge in [0.15, 0.2) is 0 Å². The maximum Gasteiger partial charge on any atom is 0.304 e. The van der Waals surface area contributed by atoms with Crippen LogP contribution in [0.2, 0.25) is 0 Å². The first-order valence-corrected chi connectivity index (χ1v) is 6.09. The van der Waals surface area contributed by atoms with E-state index >= 15 is 0 Å². The average Bonchev–Trinajstić information content (AvgIpc) is 2.46. The van der Waals surface area contributed by atoms with Gasteiger partial charge in [-0.3, -0.25) is 9.69 Å². The van der Waals surface area contributed by atoms with E-state index in [2.05, 4.69) is 37.6 Å². The molecular weight excluding hydrogens is 204 g/mol. The number of carboxylic acids is 1. The molecule has 1 aliphatic heterocycles. The van der Waals surface area contributed by atoms with Crippen molar-refractivity contribution in [2.45, 2.75) is 51.7 Å². The summed E-state index contributed by atoms with van der Waals surface area (Å²) >= 11 is 0. The van der Waals surface area contributed by atoms with Crippen LogP contribution in [0.15, 0.2) is 0 Å². The fourth-order valence-electron chi connectivity index (χ4n) is 2.49. The standard InChI is InChI=1S/C12H24N2O2/c1-9(2)14(6-5-12(15)16)11-7-10(3)13(4)8-11/h9-11H,5-8H2,1-4H3,(H,15,16). The molecular formula is C12H24N2O2. The van der Waals surface area contributed by atoms with Gasteiger partial charge in [0.2, 0.25) is 0 Å². The largest absolute Gasteiger partial charge is 0.481 e. The zero-order valence-corrected chi connectivity index (χ0v) is 10.8. The predicted molar refractivity (Wildman–Crippen MR) is 64.6 cm³/mol. The summed E-state index contributed by atoms with van der Waals surface area (Å²) in [6.45, 7) is 8.24. The van der Waals surface area contributed by atoms with Crippen molar-refractivity contribution in [1.29, 1.82) is 0 Å². The van der Waals surface area contributed by atoms with Crippen molar-refractivity contribution in [2.24, 2.45) is 0 Å². The molecule has 0 amide bonds. The molecule has 1 saturated heterocycles. The van der Waals surface area contributed by atoms with Crippen LogP contribution in [0.1, 0.15) is 33.6 Å². The lowest BCUT2D eigenvalue weighted by Crippen LogP contribution is -2.42. The number of rotatable bonds is 5. The van der Waals surface area contributed by atoms with Crippen molar-refractivity contribution in [2.75, 3.05) is 20.1 Å². The van der Waals surface area contributed by atoms with Crippen LogP contribution in [0.5, 0.6) is 0 Å². The van der Waals surface area contributed by atoms with Crippen molar-refractivity contribution < 1.29 is 9.90 Å². The van der Waals surface area contributed by atoms with Crippen LogP contribution in [0.3, 0.4) is 0 Å². The lowest BCUT2D eigenvalue weighted by atomic mass is 10.1. The van der Waals surface area contributed by atoms with Gasteiger partial charge in [-0.25, -0.2) is 0 Å². The monoisotopic (exact) mass is 228 g/mol. The van der Waals surface area contributed by atoms with Crippen LogP contribution in [0.25, 0.3) is 0 Å². The maximum atomic E-state index is 10.6. The van der Waals surface area contributed by atoms with E-state index < -0.39 is 5.97 Å². The molecule has 16 heavy (non-hydrogen) atoms. The van der Waals surface area contributed by atoms with E-state index in [1.807, 2.05) is 0 Å². The van der Waals surface area contributed by atoms with Gasteiger partial charge in [0.1, 0.15) is 0 Å². The molecule has 1 heterocycles. The fourth-order valence-corrected chi connectivity index (χ4v) is 2.49. The molecule has 0 spiro atoms. The van der Waals surface area contributed by atoms with Gasteiger partial charge in [0.25, 0.3) is 0 Å². The molecule has 1 aliphatic rings. The van der Waals surface area contributed by atoms with Crippen LogP contribution in [0.4, 0.5) is 0 Å². The molecule has 1 rings (SSSR count). The van der Waals surface area contributed by atoms with Crippen molar-refractivity contribution in [1.82, 2.24) is 9.80 Å². The molecule has 0 bridgehead atoms. The minimum absolute atomic E-state index is 0.243. The highest BCUT2D eigenvalue weighted by molar-refractivity contribution is 5.66. The maximum absolute atomic E-state index is 10.6. The smallest absolute Gasteiger partial charge is 0.304 e. The highest BCUT2D eigenvalue weighted by atomic mass is 16.4. The van der Waals surface area contributed by atoms with Crippen molar-refractivity contribution >= 4 is 5.97 Å². The Labute approximate surface area is 98.2 Å². The topological polar surface area (TPSA) is 43.8 Å². The van der Waals surface area contributed by atoms with Gasteiger partial charge in [-0.05, 0) is 34.2 Å². The number of likely N-dealkylation sites (tertiary alicyclic amines) is 1. The summed E-state index contributed by atoms with van der Waals surface area (Å²) in [7, 11) is 2.14. The van der Waals surface area contributed by atoms with Crippen LogP contribution in [-0.4, -0.2) is 59.1 Å². The Hall–Kier alpha value is -0.610. The molecule has 2 atom stereocenters. The van der Waals surface area contributed by atoms with Gasteiger partial charge in [0.05, 0.1) is 6.42 Å². The molecule has 4 nitrogen and oxygen atoms in total. The molecule has 4 heteroatoms. The number of nitrogens with zero attached hydrogens (tertiary/aromatic N) is 2. The van der Waals surface area contributed by atoms with Gasteiger partial charge in [-0.2, -0.15) is 0 Å². The van der Waals surface area contributed by atoms with E-state index in [9.17, 15) is 4.79 Å². The molecule has 0 aromatic rings. The summed E-state index contributed by atoms with van der Waals surface area (Å²) in [6, 6.07) is 1.54. The molecule has 0 aromatic heterocycles.